The van der Waals surface area contributed by atoms with Crippen molar-refractivity contribution in [2.75, 3.05) is 31.9 Å². The fraction of sp³-hybridized carbons (Fsp3) is 0.846. The summed E-state index contributed by atoms with van der Waals surface area (Å²) < 4.78 is 25.7. The first-order chi connectivity index (χ1) is 8.56. The Morgan fingerprint density at radius 3 is 2.72 bits per heavy atom. The van der Waals surface area contributed by atoms with E-state index in [2.05, 4.69) is 19.2 Å². The summed E-state index contributed by atoms with van der Waals surface area (Å²) in [6, 6.07) is 0. The van der Waals surface area contributed by atoms with Gasteiger partial charge in [-0.25, -0.2) is 8.42 Å². The zero-order valence-electron chi connectivity index (χ0n) is 11.6. The molecule has 0 unspecified atom stereocenters. The van der Waals surface area contributed by atoms with E-state index in [4.69, 9.17) is 0 Å². The third kappa shape index (κ3) is 5.50. The normalized spacial score (nSPS) is 17.8. The topological polar surface area (TPSA) is 49.4 Å². The molecule has 1 rings (SSSR count). The number of hydrogen-bond acceptors (Lipinski definition) is 3. The molecule has 0 saturated heterocycles. The maximum Gasteiger partial charge on any atom is 0.214 e. The van der Waals surface area contributed by atoms with Crippen molar-refractivity contribution in [2.45, 2.75) is 39.5 Å². The van der Waals surface area contributed by atoms with Crippen molar-refractivity contribution in [1.29, 1.82) is 0 Å². The quantitative estimate of drug-likeness (QED) is 0.542. The van der Waals surface area contributed by atoms with Crippen LogP contribution in [0.3, 0.4) is 0 Å². The Morgan fingerprint density at radius 2 is 2.11 bits per heavy atom. The second-order valence-electron chi connectivity index (χ2n) is 4.93. The fourth-order valence-corrected chi connectivity index (χ4v) is 3.47. The highest BCUT2D eigenvalue weighted by molar-refractivity contribution is 7.89. The lowest BCUT2D eigenvalue weighted by molar-refractivity contribution is 0.429. The Kier molecular flexibility index (Phi) is 6.89. The average Bonchev–Trinajstić information content (AvgIpc) is 2.34. The molecule has 4 nitrogen and oxygen atoms in total. The van der Waals surface area contributed by atoms with Gasteiger partial charge in [-0.15, -0.1) is 0 Å². The second-order valence-corrected chi connectivity index (χ2v) is 7.02. The lowest BCUT2D eigenvalue weighted by Crippen LogP contribution is -2.36. The van der Waals surface area contributed by atoms with Crippen LogP contribution >= 0.6 is 0 Å². The van der Waals surface area contributed by atoms with E-state index < -0.39 is 10.0 Å². The van der Waals surface area contributed by atoms with Crippen molar-refractivity contribution in [2.24, 2.45) is 0 Å². The molecule has 1 aliphatic heterocycles. The van der Waals surface area contributed by atoms with E-state index in [1.165, 1.54) is 5.57 Å². The summed E-state index contributed by atoms with van der Waals surface area (Å²) in [5.74, 6) is 0.285. The van der Waals surface area contributed by atoms with Crippen LogP contribution < -0.4 is 5.32 Å². The SMILES string of the molecule is CCCNCCCCS(=O)(=O)N1CC=C(C)CC1. The highest BCUT2D eigenvalue weighted by Gasteiger charge is 2.22. The first-order valence-corrected chi connectivity index (χ1v) is 8.51. The van der Waals surface area contributed by atoms with Gasteiger partial charge in [-0.3, -0.25) is 0 Å². The summed E-state index contributed by atoms with van der Waals surface area (Å²) in [7, 11) is -3.04. The predicted molar refractivity (Wildman–Crippen MR) is 76.1 cm³/mol. The number of sulfonamides is 1. The third-order valence-corrected chi connectivity index (χ3v) is 5.15. The molecule has 0 bridgehead atoms. The highest BCUT2D eigenvalue weighted by atomic mass is 32.2. The Labute approximate surface area is 111 Å². The Hall–Kier alpha value is -0.390. The van der Waals surface area contributed by atoms with Gasteiger partial charge >= 0.3 is 0 Å². The molecule has 0 fully saturated rings. The van der Waals surface area contributed by atoms with E-state index in [1.54, 1.807) is 4.31 Å². The molecule has 1 aliphatic rings. The molecule has 0 saturated carbocycles. The molecule has 0 atom stereocenters. The zero-order valence-corrected chi connectivity index (χ0v) is 12.4. The lowest BCUT2D eigenvalue weighted by atomic mass is 10.1. The van der Waals surface area contributed by atoms with Crippen molar-refractivity contribution >= 4 is 10.0 Å². The molecule has 0 radical (unpaired) electrons. The molecular formula is C13H26N2O2S. The van der Waals surface area contributed by atoms with Gasteiger partial charge in [0.1, 0.15) is 0 Å². The van der Waals surface area contributed by atoms with Crippen LogP contribution in [0, 0.1) is 0 Å². The molecule has 0 spiro atoms. The smallest absolute Gasteiger partial charge is 0.214 e. The minimum absolute atomic E-state index is 0.285. The van der Waals surface area contributed by atoms with Gasteiger partial charge in [-0.05, 0) is 45.7 Å². The first kappa shape index (κ1) is 15.7. The van der Waals surface area contributed by atoms with Crippen LogP contribution in [-0.4, -0.2) is 44.7 Å². The Balaban J connectivity index is 2.24. The molecule has 0 aromatic heterocycles. The fourth-order valence-electron chi connectivity index (χ4n) is 1.97. The largest absolute Gasteiger partial charge is 0.317 e. The predicted octanol–water partition coefficient (Wildman–Crippen LogP) is 1.75. The van der Waals surface area contributed by atoms with Crippen LogP contribution in [0.2, 0.25) is 0 Å². The summed E-state index contributed by atoms with van der Waals surface area (Å²) in [5.41, 5.74) is 1.30. The molecular weight excluding hydrogens is 248 g/mol. The number of nitrogens with zero attached hydrogens (tertiary/aromatic N) is 1. The molecule has 1 heterocycles. The molecule has 0 aromatic carbocycles. The van der Waals surface area contributed by atoms with Crippen molar-refractivity contribution < 1.29 is 8.42 Å². The first-order valence-electron chi connectivity index (χ1n) is 6.90. The van der Waals surface area contributed by atoms with Crippen molar-refractivity contribution in [3.8, 4) is 0 Å². The average molecular weight is 274 g/mol. The molecule has 0 amide bonds. The van der Waals surface area contributed by atoms with E-state index >= 15 is 0 Å². The van der Waals surface area contributed by atoms with E-state index in [1.807, 2.05) is 6.08 Å². The molecule has 18 heavy (non-hydrogen) atoms. The monoisotopic (exact) mass is 274 g/mol. The van der Waals surface area contributed by atoms with Crippen LogP contribution in [-0.2, 0) is 10.0 Å². The van der Waals surface area contributed by atoms with Crippen LogP contribution in [0.4, 0.5) is 0 Å². The van der Waals surface area contributed by atoms with Crippen molar-refractivity contribution in [3.05, 3.63) is 11.6 Å². The summed E-state index contributed by atoms with van der Waals surface area (Å²) in [6.07, 6.45) is 5.69. The molecule has 5 heteroatoms. The van der Waals surface area contributed by atoms with Gasteiger partial charge in [0.15, 0.2) is 0 Å². The number of hydrogen-bond donors (Lipinski definition) is 1. The minimum Gasteiger partial charge on any atom is -0.317 e. The van der Waals surface area contributed by atoms with Gasteiger partial charge < -0.3 is 5.32 Å². The number of rotatable bonds is 8. The molecule has 106 valence electrons. The van der Waals surface area contributed by atoms with Gasteiger partial charge in [0.25, 0.3) is 0 Å². The Bertz CT molecular complexity index is 363. The zero-order chi connectivity index (χ0) is 13.4. The van der Waals surface area contributed by atoms with Gasteiger partial charge in [0.2, 0.25) is 10.0 Å². The highest BCUT2D eigenvalue weighted by Crippen LogP contribution is 2.14. The maximum atomic E-state index is 12.1. The molecule has 1 N–H and O–H groups in total. The van der Waals surface area contributed by atoms with Crippen LogP contribution in [0.25, 0.3) is 0 Å². The summed E-state index contributed by atoms with van der Waals surface area (Å²) >= 11 is 0. The van der Waals surface area contributed by atoms with Crippen LogP contribution in [0.5, 0.6) is 0 Å². The number of nitrogens with one attached hydrogen (secondary N) is 1. The van der Waals surface area contributed by atoms with Gasteiger partial charge in [-0.2, -0.15) is 4.31 Å². The van der Waals surface area contributed by atoms with Gasteiger partial charge in [0.05, 0.1) is 5.75 Å². The van der Waals surface area contributed by atoms with Crippen LogP contribution in [0.1, 0.15) is 39.5 Å². The lowest BCUT2D eigenvalue weighted by Gasteiger charge is -2.24. The van der Waals surface area contributed by atoms with Gasteiger partial charge in [-0.1, -0.05) is 18.6 Å². The van der Waals surface area contributed by atoms with E-state index in [0.717, 1.165) is 38.8 Å². The van der Waals surface area contributed by atoms with Gasteiger partial charge in [0, 0.05) is 13.1 Å². The minimum atomic E-state index is -3.04. The van der Waals surface area contributed by atoms with E-state index in [-0.39, 0.29) is 5.75 Å². The number of unbranched alkanes of at least 4 members (excludes halogenated alkanes) is 1. The van der Waals surface area contributed by atoms with E-state index in [0.29, 0.717) is 13.1 Å². The second kappa shape index (κ2) is 7.92. The standard InChI is InChI=1S/C13H26N2O2S/c1-3-8-14-9-4-5-12-18(16,17)15-10-6-13(2)7-11-15/h6,14H,3-5,7-12H2,1-2H3. The van der Waals surface area contributed by atoms with Crippen LogP contribution in [0.15, 0.2) is 11.6 Å². The van der Waals surface area contributed by atoms with Crippen molar-refractivity contribution in [1.82, 2.24) is 9.62 Å². The molecule has 0 aromatic rings. The summed E-state index contributed by atoms with van der Waals surface area (Å²) in [6.45, 7) is 7.33. The Morgan fingerprint density at radius 1 is 1.33 bits per heavy atom. The summed E-state index contributed by atoms with van der Waals surface area (Å²) in [5, 5.41) is 3.29. The third-order valence-electron chi connectivity index (χ3n) is 3.22. The summed E-state index contributed by atoms with van der Waals surface area (Å²) in [4.78, 5) is 0. The van der Waals surface area contributed by atoms with E-state index in [9.17, 15) is 8.42 Å². The maximum absolute atomic E-state index is 12.1. The molecule has 0 aliphatic carbocycles. The van der Waals surface area contributed by atoms with Crippen molar-refractivity contribution in [3.63, 3.8) is 0 Å².